The fourth-order valence-corrected chi connectivity index (χ4v) is 5.42. The molecule has 0 aliphatic carbocycles. The molecule has 0 radical (unpaired) electrons. The summed E-state index contributed by atoms with van der Waals surface area (Å²) in [5.74, 6) is -3.60. The number of carbonyl (C=O) groups is 2. The van der Waals surface area contributed by atoms with Crippen LogP contribution in [0.5, 0.6) is 0 Å². The van der Waals surface area contributed by atoms with Crippen LogP contribution in [0.2, 0.25) is 5.02 Å². The Morgan fingerprint density at radius 2 is 1.73 bits per heavy atom. The lowest BCUT2D eigenvalue weighted by atomic mass is 10.00. The first-order chi connectivity index (χ1) is 15.3. The summed E-state index contributed by atoms with van der Waals surface area (Å²) in [7, 11) is -3.70. The number of fused-ring (bicyclic) bond motifs is 1. The standard InChI is InChI=1S/C18H21ClN2O4S.C2HF3O2/c19-16-8-14-5-1-2-6-15(14)9-17(16)26(24,25)21-7-3-4-13(12-21)10-20-11-18(22)23;3-2(4,5)1(6)7/h1-2,5-6,8-9,13,20H,3-4,7,10-12H2,(H,22,23);(H,6,7). The molecule has 0 spiro atoms. The number of rotatable bonds is 6. The van der Waals surface area contributed by atoms with Gasteiger partial charge in [0.25, 0.3) is 0 Å². The first-order valence-corrected chi connectivity index (χ1v) is 11.5. The highest BCUT2D eigenvalue weighted by atomic mass is 35.5. The van der Waals surface area contributed by atoms with Gasteiger partial charge in [0.1, 0.15) is 4.90 Å². The van der Waals surface area contributed by atoms with E-state index in [-0.39, 0.29) is 22.4 Å². The Kier molecular flexibility index (Phi) is 9.06. The van der Waals surface area contributed by atoms with E-state index >= 15 is 0 Å². The Labute approximate surface area is 193 Å². The molecule has 2 aromatic rings. The molecule has 0 bridgehead atoms. The van der Waals surface area contributed by atoms with E-state index < -0.39 is 28.1 Å². The third-order valence-corrected chi connectivity index (χ3v) is 7.18. The SMILES string of the molecule is O=C(O)C(F)(F)F.O=C(O)CNCC1CCCN(S(=O)(=O)c2cc3ccccc3cc2Cl)C1. The van der Waals surface area contributed by atoms with Crippen molar-refractivity contribution in [1.82, 2.24) is 9.62 Å². The van der Waals surface area contributed by atoms with Crippen LogP contribution in [0.1, 0.15) is 12.8 Å². The van der Waals surface area contributed by atoms with Crippen molar-refractivity contribution in [2.75, 3.05) is 26.2 Å². The quantitative estimate of drug-likeness (QED) is 0.545. The molecule has 0 amide bonds. The second-order valence-corrected chi connectivity index (χ2v) is 9.64. The number of benzene rings is 2. The van der Waals surface area contributed by atoms with Crippen molar-refractivity contribution in [2.45, 2.75) is 23.9 Å². The van der Waals surface area contributed by atoms with Gasteiger partial charge in [-0.2, -0.15) is 17.5 Å². The van der Waals surface area contributed by atoms with Crippen molar-refractivity contribution < 1.29 is 41.4 Å². The summed E-state index contributed by atoms with van der Waals surface area (Å²) in [6.07, 6.45) is -3.48. The van der Waals surface area contributed by atoms with E-state index in [1.54, 1.807) is 12.1 Å². The number of alkyl halides is 3. The summed E-state index contributed by atoms with van der Waals surface area (Å²) >= 11 is 6.28. The molecule has 3 rings (SSSR count). The molecule has 0 aromatic heterocycles. The monoisotopic (exact) mass is 510 g/mol. The van der Waals surface area contributed by atoms with Crippen molar-refractivity contribution in [2.24, 2.45) is 5.92 Å². The van der Waals surface area contributed by atoms with Gasteiger partial charge in [0.05, 0.1) is 11.6 Å². The fraction of sp³-hybridized carbons (Fsp3) is 0.400. The zero-order chi connectivity index (χ0) is 24.8. The number of piperidine rings is 1. The van der Waals surface area contributed by atoms with E-state index in [0.29, 0.717) is 19.6 Å². The van der Waals surface area contributed by atoms with Crippen LogP contribution in [0.3, 0.4) is 0 Å². The first-order valence-electron chi connectivity index (χ1n) is 9.73. The molecule has 3 N–H and O–H groups in total. The van der Waals surface area contributed by atoms with Crippen LogP contribution in [0.25, 0.3) is 10.8 Å². The number of aliphatic carboxylic acids is 2. The lowest BCUT2D eigenvalue weighted by Gasteiger charge is -2.32. The molecule has 8 nitrogen and oxygen atoms in total. The maximum Gasteiger partial charge on any atom is 0.490 e. The van der Waals surface area contributed by atoms with E-state index in [2.05, 4.69) is 5.32 Å². The molecule has 33 heavy (non-hydrogen) atoms. The summed E-state index contributed by atoms with van der Waals surface area (Å²) in [6.45, 7) is 1.16. The summed E-state index contributed by atoms with van der Waals surface area (Å²) < 4.78 is 59.4. The minimum absolute atomic E-state index is 0.0807. The second kappa shape index (κ2) is 11.1. The van der Waals surface area contributed by atoms with E-state index in [1.165, 1.54) is 4.31 Å². The largest absolute Gasteiger partial charge is 0.490 e. The van der Waals surface area contributed by atoms with Crippen LogP contribution >= 0.6 is 11.6 Å². The van der Waals surface area contributed by atoms with Gasteiger partial charge >= 0.3 is 18.1 Å². The second-order valence-electron chi connectivity index (χ2n) is 7.33. The van der Waals surface area contributed by atoms with Gasteiger partial charge in [0, 0.05) is 13.1 Å². The zero-order valence-electron chi connectivity index (χ0n) is 17.2. The van der Waals surface area contributed by atoms with Crippen LogP contribution in [-0.4, -0.2) is 67.2 Å². The maximum absolute atomic E-state index is 13.1. The van der Waals surface area contributed by atoms with Crippen molar-refractivity contribution in [3.63, 3.8) is 0 Å². The number of halogens is 4. The first kappa shape index (κ1) is 26.8. The molecule has 13 heteroatoms. The van der Waals surface area contributed by atoms with Crippen molar-refractivity contribution in [3.8, 4) is 0 Å². The third-order valence-electron chi connectivity index (χ3n) is 4.85. The van der Waals surface area contributed by atoms with Gasteiger partial charge in [-0.3, -0.25) is 4.79 Å². The number of nitrogens with zero attached hydrogens (tertiary/aromatic N) is 1. The predicted octanol–water partition coefficient (Wildman–Crippen LogP) is 3.20. The normalized spacial score (nSPS) is 17.3. The van der Waals surface area contributed by atoms with Gasteiger partial charge in [0.2, 0.25) is 10.0 Å². The number of carboxylic acids is 2. The highest BCUT2D eigenvalue weighted by Gasteiger charge is 2.38. The van der Waals surface area contributed by atoms with E-state index in [9.17, 15) is 26.4 Å². The molecule has 1 saturated heterocycles. The zero-order valence-corrected chi connectivity index (χ0v) is 18.8. The number of hydrogen-bond donors (Lipinski definition) is 3. The number of hydrogen-bond acceptors (Lipinski definition) is 5. The van der Waals surface area contributed by atoms with Gasteiger partial charge in [0.15, 0.2) is 0 Å². The van der Waals surface area contributed by atoms with Crippen LogP contribution in [0, 0.1) is 5.92 Å². The lowest BCUT2D eigenvalue weighted by Crippen LogP contribution is -2.43. The molecule has 2 aromatic carbocycles. The highest BCUT2D eigenvalue weighted by molar-refractivity contribution is 7.89. The number of sulfonamides is 1. The van der Waals surface area contributed by atoms with Crippen LogP contribution < -0.4 is 5.32 Å². The van der Waals surface area contributed by atoms with E-state index in [0.717, 1.165) is 23.6 Å². The van der Waals surface area contributed by atoms with Gasteiger partial charge < -0.3 is 15.5 Å². The highest BCUT2D eigenvalue weighted by Crippen LogP contribution is 2.31. The molecular weight excluding hydrogens is 489 g/mol. The van der Waals surface area contributed by atoms with Gasteiger partial charge in [-0.15, -0.1) is 0 Å². The number of nitrogens with one attached hydrogen (secondary N) is 1. The Morgan fingerprint density at radius 3 is 2.27 bits per heavy atom. The molecule has 1 atom stereocenters. The average Bonchev–Trinajstić information content (AvgIpc) is 2.73. The van der Waals surface area contributed by atoms with E-state index in [1.807, 2.05) is 24.3 Å². The van der Waals surface area contributed by atoms with Crippen molar-refractivity contribution in [3.05, 3.63) is 41.4 Å². The average molecular weight is 511 g/mol. The fourth-order valence-electron chi connectivity index (χ4n) is 3.32. The van der Waals surface area contributed by atoms with Gasteiger partial charge in [-0.05, 0) is 48.2 Å². The topological polar surface area (TPSA) is 124 Å². The molecule has 1 heterocycles. The van der Waals surface area contributed by atoms with Gasteiger partial charge in [-0.25, -0.2) is 13.2 Å². The minimum atomic E-state index is -5.08. The Morgan fingerprint density at radius 1 is 1.15 bits per heavy atom. The lowest BCUT2D eigenvalue weighted by molar-refractivity contribution is -0.192. The molecule has 1 unspecified atom stereocenters. The van der Waals surface area contributed by atoms with Gasteiger partial charge in [-0.1, -0.05) is 35.9 Å². The van der Waals surface area contributed by atoms with Crippen LogP contribution in [0.15, 0.2) is 41.3 Å². The molecular formula is C20H22ClF3N2O6S. The molecule has 182 valence electrons. The van der Waals surface area contributed by atoms with Crippen LogP contribution in [-0.2, 0) is 19.6 Å². The maximum atomic E-state index is 13.1. The van der Waals surface area contributed by atoms with Crippen molar-refractivity contribution in [1.29, 1.82) is 0 Å². The molecule has 0 saturated carbocycles. The van der Waals surface area contributed by atoms with E-state index in [4.69, 9.17) is 26.6 Å². The Bertz CT molecular complexity index is 1110. The van der Waals surface area contributed by atoms with Crippen molar-refractivity contribution >= 4 is 44.3 Å². The summed E-state index contributed by atoms with van der Waals surface area (Å²) in [5.41, 5.74) is 0. The molecule has 1 fully saturated rings. The summed E-state index contributed by atoms with van der Waals surface area (Å²) in [5, 5.41) is 20.6. The Balaban J connectivity index is 0.000000479. The summed E-state index contributed by atoms with van der Waals surface area (Å²) in [6, 6.07) is 10.8. The molecule has 1 aliphatic rings. The minimum Gasteiger partial charge on any atom is -0.480 e. The Hall–Kier alpha value is -2.41. The predicted molar refractivity (Wildman–Crippen MR) is 115 cm³/mol. The third kappa shape index (κ3) is 7.56. The summed E-state index contributed by atoms with van der Waals surface area (Å²) in [4.78, 5) is 19.6. The van der Waals surface area contributed by atoms with Crippen LogP contribution in [0.4, 0.5) is 13.2 Å². The molecule has 1 aliphatic heterocycles. The number of carboxylic acid groups (broad SMARTS) is 2. The smallest absolute Gasteiger partial charge is 0.480 e.